The van der Waals surface area contributed by atoms with Crippen LogP contribution in [0, 0.1) is 0 Å². The topological polar surface area (TPSA) is 29.1 Å². The third kappa shape index (κ3) is 3.94. The van der Waals surface area contributed by atoms with Gasteiger partial charge in [0.15, 0.2) is 0 Å². The summed E-state index contributed by atoms with van der Waals surface area (Å²) in [5.41, 5.74) is 2.04. The molecular formula is C16H15Cl2NOS. The minimum absolute atomic E-state index is 0.186. The predicted molar refractivity (Wildman–Crippen MR) is 91.9 cm³/mol. The fourth-order valence-corrected chi connectivity index (χ4v) is 2.79. The van der Waals surface area contributed by atoms with Gasteiger partial charge in [-0.05, 0) is 43.0 Å². The van der Waals surface area contributed by atoms with E-state index in [1.807, 2.05) is 43.5 Å². The second-order valence-corrected chi connectivity index (χ2v) is 6.44. The molecule has 21 heavy (non-hydrogen) atoms. The molecule has 1 unspecified atom stereocenters. The monoisotopic (exact) mass is 339 g/mol. The Morgan fingerprint density at radius 3 is 2.62 bits per heavy atom. The lowest BCUT2D eigenvalue weighted by atomic mass is 10.1. The van der Waals surface area contributed by atoms with Crippen LogP contribution in [0.15, 0.2) is 47.4 Å². The number of thioether (sulfide) groups is 1. The Hall–Kier alpha value is -1.16. The molecule has 2 rings (SSSR count). The average Bonchev–Trinajstić information content (AvgIpc) is 2.48. The van der Waals surface area contributed by atoms with Crippen molar-refractivity contribution in [1.82, 2.24) is 0 Å². The normalized spacial score (nSPS) is 12.0. The van der Waals surface area contributed by atoms with Gasteiger partial charge in [-0.3, -0.25) is 4.79 Å². The first-order valence-corrected chi connectivity index (χ1v) is 8.44. The van der Waals surface area contributed by atoms with Crippen molar-refractivity contribution in [3.05, 3.63) is 58.6 Å². The van der Waals surface area contributed by atoms with E-state index >= 15 is 0 Å². The van der Waals surface area contributed by atoms with Gasteiger partial charge in [-0.15, -0.1) is 23.4 Å². The number of para-hydroxylation sites is 1. The minimum Gasteiger partial charge on any atom is -0.322 e. The highest BCUT2D eigenvalue weighted by molar-refractivity contribution is 7.98. The molecule has 0 aromatic heterocycles. The van der Waals surface area contributed by atoms with Gasteiger partial charge in [0, 0.05) is 10.6 Å². The molecule has 0 fully saturated rings. The van der Waals surface area contributed by atoms with Crippen LogP contribution in [0.1, 0.15) is 28.2 Å². The van der Waals surface area contributed by atoms with Gasteiger partial charge in [-0.25, -0.2) is 0 Å². The number of hydrogen-bond acceptors (Lipinski definition) is 2. The van der Waals surface area contributed by atoms with Crippen LogP contribution >= 0.6 is 35.0 Å². The van der Waals surface area contributed by atoms with Crippen molar-refractivity contribution in [1.29, 1.82) is 0 Å². The van der Waals surface area contributed by atoms with Crippen molar-refractivity contribution in [2.24, 2.45) is 0 Å². The van der Waals surface area contributed by atoms with E-state index in [1.54, 1.807) is 23.9 Å². The first kappa shape index (κ1) is 16.2. The molecule has 0 aliphatic rings. The summed E-state index contributed by atoms with van der Waals surface area (Å²) < 4.78 is 0. The maximum atomic E-state index is 12.4. The van der Waals surface area contributed by atoms with E-state index in [1.165, 1.54) is 0 Å². The second-order valence-electron chi connectivity index (χ2n) is 4.50. The standard InChI is InChI=1S/C16H15Cl2NOS/c1-10(17)12-5-3-4-6-15(12)19-16(20)13-9-11(21-2)7-8-14(13)18/h3-10H,1-2H3,(H,19,20). The molecule has 1 amide bonds. The summed E-state index contributed by atoms with van der Waals surface area (Å²) in [4.78, 5) is 13.4. The van der Waals surface area contributed by atoms with Crippen molar-refractivity contribution in [3.8, 4) is 0 Å². The molecule has 2 nitrogen and oxygen atoms in total. The van der Waals surface area contributed by atoms with Gasteiger partial charge >= 0.3 is 0 Å². The molecule has 2 aromatic rings. The first-order chi connectivity index (χ1) is 10.0. The highest BCUT2D eigenvalue weighted by Crippen LogP contribution is 2.29. The smallest absolute Gasteiger partial charge is 0.257 e. The summed E-state index contributed by atoms with van der Waals surface area (Å²) in [6, 6.07) is 12.9. The van der Waals surface area contributed by atoms with Gasteiger partial charge in [0.05, 0.1) is 16.0 Å². The SMILES string of the molecule is CSc1ccc(Cl)c(C(=O)Nc2ccccc2C(C)Cl)c1. The number of amides is 1. The fraction of sp³-hybridized carbons (Fsp3) is 0.188. The zero-order valence-electron chi connectivity index (χ0n) is 11.7. The Morgan fingerprint density at radius 1 is 1.24 bits per heavy atom. The highest BCUT2D eigenvalue weighted by Gasteiger charge is 2.14. The summed E-state index contributed by atoms with van der Waals surface area (Å²) in [5, 5.41) is 3.13. The van der Waals surface area contributed by atoms with Gasteiger partial charge in [0.2, 0.25) is 0 Å². The van der Waals surface area contributed by atoms with Crippen molar-refractivity contribution in [2.75, 3.05) is 11.6 Å². The Balaban J connectivity index is 2.30. The molecule has 1 N–H and O–H groups in total. The Kier molecular flexibility index (Phi) is 5.57. The molecular weight excluding hydrogens is 325 g/mol. The zero-order valence-corrected chi connectivity index (χ0v) is 14.0. The lowest BCUT2D eigenvalue weighted by Crippen LogP contribution is -2.14. The number of anilines is 1. The second kappa shape index (κ2) is 7.21. The molecule has 0 bridgehead atoms. The van der Waals surface area contributed by atoms with Crippen LogP contribution in [0.3, 0.4) is 0 Å². The number of alkyl halides is 1. The molecule has 0 radical (unpaired) electrons. The zero-order chi connectivity index (χ0) is 15.4. The average molecular weight is 340 g/mol. The van der Waals surface area contributed by atoms with Crippen LogP contribution in [0.25, 0.3) is 0 Å². The van der Waals surface area contributed by atoms with Crippen molar-refractivity contribution in [2.45, 2.75) is 17.2 Å². The molecule has 0 heterocycles. The summed E-state index contributed by atoms with van der Waals surface area (Å²) >= 11 is 13.8. The quantitative estimate of drug-likeness (QED) is 0.579. The molecule has 0 aliphatic heterocycles. The third-order valence-electron chi connectivity index (χ3n) is 3.06. The molecule has 5 heteroatoms. The van der Waals surface area contributed by atoms with Crippen LogP contribution < -0.4 is 5.32 Å². The molecule has 0 spiro atoms. The van der Waals surface area contributed by atoms with Crippen LogP contribution in [0.5, 0.6) is 0 Å². The van der Waals surface area contributed by atoms with Crippen molar-refractivity contribution >= 4 is 46.6 Å². The van der Waals surface area contributed by atoms with E-state index in [2.05, 4.69) is 5.32 Å². The Labute approximate surface area is 138 Å². The van der Waals surface area contributed by atoms with E-state index in [0.29, 0.717) is 16.3 Å². The third-order valence-corrected chi connectivity index (χ3v) is 4.35. The van der Waals surface area contributed by atoms with Gasteiger partial charge < -0.3 is 5.32 Å². The predicted octanol–water partition coefficient (Wildman–Crippen LogP) is 5.61. The summed E-state index contributed by atoms with van der Waals surface area (Å²) in [6.07, 6.45) is 1.95. The summed E-state index contributed by atoms with van der Waals surface area (Å²) in [7, 11) is 0. The number of halogens is 2. The van der Waals surface area contributed by atoms with Gasteiger partial charge in [0.1, 0.15) is 0 Å². The lowest BCUT2D eigenvalue weighted by molar-refractivity contribution is 0.102. The Bertz CT molecular complexity index is 658. The van der Waals surface area contributed by atoms with Crippen molar-refractivity contribution in [3.63, 3.8) is 0 Å². The Morgan fingerprint density at radius 2 is 1.95 bits per heavy atom. The van der Waals surface area contributed by atoms with Gasteiger partial charge in [-0.1, -0.05) is 29.8 Å². The van der Waals surface area contributed by atoms with E-state index < -0.39 is 0 Å². The number of hydrogen-bond donors (Lipinski definition) is 1. The van der Waals surface area contributed by atoms with E-state index in [0.717, 1.165) is 10.5 Å². The van der Waals surface area contributed by atoms with Gasteiger partial charge in [0.25, 0.3) is 5.91 Å². The molecule has 2 aromatic carbocycles. The molecule has 0 saturated carbocycles. The molecule has 0 aliphatic carbocycles. The molecule has 1 atom stereocenters. The van der Waals surface area contributed by atoms with Crippen LogP contribution in [0.2, 0.25) is 5.02 Å². The number of benzene rings is 2. The van der Waals surface area contributed by atoms with Crippen molar-refractivity contribution < 1.29 is 4.79 Å². The molecule has 0 saturated heterocycles. The van der Waals surface area contributed by atoms with Crippen LogP contribution in [0.4, 0.5) is 5.69 Å². The van der Waals surface area contributed by atoms with Crippen LogP contribution in [-0.4, -0.2) is 12.2 Å². The number of carbonyl (C=O) groups is 1. The first-order valence-electron chi connectivity index (χ1n) is 6.41. The van der Waals surface area contributed by atoms with Crippen LogP contribution in [-0.2, 0) is 0 Å². The maximum absolute atomic E-state index is 12.4. The van der Waals surface area contributed by atoms with E-state index in [9.17, 15) is 4.79 Å². The number of nitrogens with one attached hydrogen (secondary N) is 1. The molecule has 110 valence electrons. The van der Waals surface area contributed by atoms with E-state index in [-0.39, 0.29) is 11.3 Å². The maximum Gasteiger partial charge on any atom is 0.257 e. The highest BCUT2D eigenvalue weighted by atomic mass is 35.5. The fourth-order valence-electron chi connectivity index (χ4n) is 1.95. The number of carbonyl (C=O) groups excluding carboxylic acids is 1. The summed E-state index contributed by atoms with van der Waals surface area (Å²) in [5.74, 6) is -0.235. The largest absolute Gasteiger partial charge is 0.322 e. The minimum atomic E-state index is -0.235. The lowest BCUT2D eigenvalue weighted by Gasteiger charge is -2.13. The van der Waals surface area contributed by atoms with E-state index in [4.69, 9.17) is 23.2 Å². The number of rotatable bonds is 4. The van der Waals surface area contributed by atoms with Gasteiger partial charge in [-0.2, -0.15) is 0 Å². The summed E-state index contributed by atoms with van der Waals surface area (Å²) in [6.45, 7) is 1.87.